The number of hydrogen-bond donors (Lipinski definition) is 2. The van der Waals surface area contributed by atoms with Crippen molar-refractivity contribution < 1.29 is 23.0 Å². The number of halogens is 3. The molecule has 0 aromatic heterocycles. The van der Waals surface area contributed by atoms with Crippen LogP contribution in [0, 0.1) is 0 Å². The minimum atomic E-state index is -4.72. The lowest BCUT2D eigenvalue weighted by Crippen LogP contribution is -2.17. The third-order valence-electron chi connectivity index (χ3n) is 1.89. The second-order valence-corrected chi connectivity index (χ2v) is 3.25. The Kier molecular flexibility index (Phi) is 4.39. The first kappa shape index (κ1) is 13.4. The van der Waals surface area contributed by atoms with E-state index in [1.165, 1.54) is 18.2 Å². The van der Waals surface area contributed by atoms with Gasteiger partial charge in [0.2, 0.25) is 0 Å². The molecule has 0 aliphatic carbocycles. The highest BCUT2D eigenvalue weighted by Gasteiger charge is 2.31. The standard InChI is InChI=1S/C11H12F3NO2/c12-11(13,14)17-9-4-5-10(15)8(7-9)3-1-2-6-16/h1,3-5,7,16H,2,6,15H2. The summed E-state index contributed by atoms with van der Waals surface area (Å²) in [4.78, 5) is 0. The average molecular weight is 247 g/mol. The first-order chi connectivity index (χ1) is 7.92. The molecule has 0 saturated carbocycles. The summed E-state index contributed by atoms with van der Waals surface area (Å²) in [6, 6.07) is 3.67. The van der Waals surface area contributed by atoms with E-state index in [2.05, 4.69) is 4.74 Å². The van der Waals surface area contributed by atoms with E-state index < -0.39 is 6.36 Å². The normalized spacial score (nSPS) is 12.0. The van der Waals surface area contributed by atoms with E-state index in [-0.39, 0.29) is 12.4 Å². The number of ether oxygens (including phenoxy) is 1. The number of nitrogens with two attached hydrogens (primary N) is 1. The number of hydrogen-bond acceptors (Lipinski definition) is 3. The molecule has 0 spiro atoms. The lowest BCUT2D eigenvalue weighted by atomic mass is 10.1. The predicted octanol–water partition coefficient (Wildman–Crippen LogP) is 2.56. The van der Waals surface area contributed by atoms with E-state index in [9.17, 15) is 13.2 Å². The molecular weight excluding hydrogens is 235 g/mol. The van der Waals surface area contributed by atoms with Crippen LogP contribution in [0.15, 0.2) is 24.3 Å². The van der Waals surface area contributed by atoms with E-state index in [4.69, 9.17) is 10.8 Å². The van der Waals surface area contributed by atoms with Gasteiger partial charge >= 0.3 is 6.36 Å². The Bertz CT molecular complexity index is 402. The van der Waals surface area contributed by atoms with Crippen LogP contribution in [0.4, 0.5) is 18.9 Å². The minimum absolute atomic E-state index is 0.0326. The second kappa shape index (κ2) is 5.58. The molecule has 6 heteroatoms. The summed E-state index contributed by atoms with van der Waals surface area (Å²) in [5.41, 5.74) is 6.34. The van der Waals surface area contributed by atoms with Gasteiger partial charge in [-0.15, -0.1) is 13.2 Å². The van der Waals surface area contributed by atoms with Crippen LogP contribution in [-0.2, 0) is 0 Å². The van der Waals surface area contributed by atoms with Crippen LogP contribution in [0.5, 0.6) is 5.75 Å². The Morgan fingerprint density at radius 1 is 1.35 bits per heavy atom. The molecule has 0 fully saturated rings. The van der Waals surface area contributed by atoms with E-state index in [0.717, 1.165) is 6.07 Å². The monoisotopic (exact) mass is 247 g/mol. The van der Waals surface area contributed by atoms with Crippen molar-refractivity contribution in [1.29, 1.82) is 0 Å². The average Bonchev–Trinajstić information content (AvgIpc) is 2.21. The fourth-order valence-electron chi connectivity index (χ4n) is 1.18. The van der Waals surface area contributed by atoms with Gasteiger partial charge in [-0.25, -0.2) is 0 Å². The van der Waals surface area contributed by atoms with E-state index in [0.29, 0.717) is 17.7 Å². The number of alkyl halides is 3. The molecular formula is C11H12F3NO2. The number of benzene rings is 1. The summed E-state index contributed by atoms with van der Waals surface area (Å²) in [5, 5.41) is 8.57. The second-order valence-electron chi connectivity index (χ2n) is 3.25. The highest BCUT2D eigenvalue weighted by molar-refractivity contribution is 5.66. The quantitative estimate of drug-likeness (QED) is 0.804. The Labute approximate surface area is 96.3 Å². The summed E-state index contributed by atoms with van der Waals surface area (Å²) in [5.74, 6) is -0.324. The van der Waals surface area contributed by atoms with Crippen molar-refractivity contribution in [2.24, 2.45) is 0 Å². The van der Waals surface area contributed by atoms with Crippen LogP contribution in [0.3, 0.4) is 0 Å². The van der Waals surface area contributed by atoms with Crippen molar-refractivity contribution >= 4 is 11.8 Å². The third-order valence-corrected chi connectivity index (χ3v) is 1.89. The van der Waals surface area contributed by atoms with Crippen LogP contribution >= 0.6 is 0 Å². The van der Waals surface area contributed by atoms with E-state index >= 15 is 0 Å². The molecule has 1 aromatic carbocycles. The molecule has 0 saturated heterocycles. The molecule has 0 bridgehead atoms. The molecule has 0 unspecified atom stereocenters. The van der Waals surface area contributed by atoms with Gasteiger partial charge in [-0.05, 0) is 24.6 Å². The number of anilines is 1. The van der Waals surface area contributed by atoms with Crippen LogP contribution in [0.2, 0.25) is 0 Å². The van der Waals surface area contributed by atoms with Crippen molar-refractivity contribution in [2.75, 3.05) is 12.3 Å². The number of rotatable bonds is 4. The Balaban J connectivity index is 2.86. The van der Waals surface area contributed by atoms with Crippen molar-refractivity contribution in [3.63, 3.8) is 0 Å². The molecule has 0 heterocycles. The zero-order valence-corrected chi connectivity index (χ0v) is 8.87. The molecule has 3 N–H and O–H groups in total. The molecule has 17 heavy (non-hydrogen) atoms. The van der Waals surface area contributed by atoms with Crippen LogP contribution < -0.4 is 10.5 Å². The molecule has 0 amide bonds. The van der Waals surface area contributed by atoms with Gasteiger partial charge in [0, 0.05) is 17.9 Å². The van der Waals surface area contributed by atoms with Gasteiger partial charge in [0.05, 0.1) is 0 Å². The fourth-order valence-corrected chi connectivity index (χ4v) is 1.18. The maximum Gasteiger partial charge on any atom is 0.573 e. The summed E-state index contributed by atoms with van der Waals surface area (Å²) in [6.45, 7) is -0.0326. The lowest BCUT2D eigenvalue weighted by molar-refractivity contribution is -0.274. The first-order valence-corrected chi connectivity index (χ1v) is 4.85. The molecule has 0 atom stereocenters. The van der Waals surface area contributed by atoms with Crippen LogP contribution in [-0.4, -0.2) is 18.1 Å². The topological polar surface area (TPSA) is 55.5 Å². The summed E-state index contributed by atoms with van der Waals surface area (Å²) < 4.78 is 39.7. The van der Waals surface area contributed by atoms with Gasteiger partial charge in [0.25, 0.3) is 0 Å². The molecule has 0 aliphatic heterocycles. The maximum atomic E-state index is 12.0. The Morgan fingerprint density at radius 2 is 2.06 bits per heavy atom. The zero-order chi connectivity index (χ0) is 12.9. The van der Waals surface area contributed by atoms with Crippen LogP contribution in [0.25, 0.3) is 6.08 Å². The van der Waals surface area contributed by atoms with Crippen molar-refractivity contribution in [3.8, 4) is 5.75 Å². The molecule has 1 aromatic rings. The van der Waals surface area contributed by atoms with Gasteiger partial charge in [0.15, 0.2) is 0 Å². The maximum absolute atomic E-state index is 12.0. The van der Waals surface area contributed by atoms with Gasteiger partial charge < -0.3 is 15.6 Å². The lowest BCUT2D eigenvalue weighted by Gasteiger charge is -2.10. The van der Waals surface area contributed by atoms with Gasteiger partial charge in [0.1, 0.15) is 5.75 Å². The molecule has 1 rings (SSSR count). The van der Waals surface area contributed by atoms with Crippen molar-refractivity contribution in [2.45, 2.75) is 12.8 Å². The first-order valence-electron chi connectivity index (χ1n) is 4.85. The highest BCUT2D eigenvalue weighted by atomic mass is 19.4. The summed E-state index contributed by atoms with van der Waals surface area (Å²) >= 11 is 0. The largest absolute Gasteiger partial charge is 0.573 e. The van der Waals surface area contributed by atoms with Gasteiger partial charge in [-0.3, -0.25) is 0 Å². The summed E-state index contributed by atoms with van der Waals surface area (Å²) in [7, 11) is 0. The van der Waals surface area contributed by atoms with Crippen molar-refractivity contribution in [1.82, 2.24) is 0 Å². The molecule has 94 valence electrons. The number of aliphatic hydroxyl groups excluding tert-OH is 1. The number of aliphatic hydroxyl groups is 1. The third kappa shape index (κ3) is 4.78. The predicted molar refractivity (Wildman–Crippen MR) is 58.3 cm³/mol. The van der Waals surface area contributed by atoms with E-state index in [1.54, 1.807) is 6.08 Å². The van der Waals surface area contributed by atoms with Gasteiger partial charge in [-0.1, -0.05) is 12.2 Å². The SMILES string of the molecule is Nc1ccc(OC(F)(F)F)cc1C=CCCO. The molecule has 0 aliphatic rings. The van der Waals surface area contributed by atoms with E-state index in [1.807, 2.05) is 0 Å². The molecule has 3 nitrogen and oxygen atoms in total. The smallest absolute Gasteiger partial charge is 0.406 e. The fraction of sp³-hybridized carbons (Fsp3) is 0.273. The molecule has 0 radical (unpaired) electrons. The zero-order valence-electron chi connectivity index (χ0n) is 8.87. The Hall–Kier alpha value is -1.69. The minimum Gasteiger partial charge on any atom is -0.406 e. The number of nitrogen functional groups attached to an aromatic ring is 1. The van der Waals surface area contributed by atoms with Gasteiger partial charge in [-0.2, -0.15) is 0 Å². The van der Waals surface area contributed by atoms with Crippen molar-refractivity contribution in [3.05, 3.63) is 29.8 Å². The highest BCUT2D eigenvalue weighted by Crippen LogP contribution is 2.26. The summed E-state index contributed by atoms with van der Waals surface area (Å²) in [6.07, 6.45) is -1.16. The Morgan fingerprint density at radius 3 is 2.65 bits per heavy atom. The van der Waals surface area contributed by atoms with Crippen LogP contribution in [0.1, 0.15) is 12.0 Å².